The summed E-state index contributed by atoms with van der Waals surface area (Å²) in [5, 5.41) is 2.96. The van der Waals surface area contributed by atoms with Crippen molar-refractivity contribution in [1.82, 2.24) is 5.32 Å². The summed E-state index contributed by atoms with van der Waals surface area (Å²) in [6.07, 6.45) is 4.46. The largest absolute Gasteiger partial charge is 0.486 e. The Bertz CT molecular complexity index is 615. The van der Waals surface area contributed by atoms with Gasteiger partial charge in [0.1, 0.15) is 13.2 Å². The number of carbonyl (C=O) groups is 2. The zero-order valence-electron chi connectivity index (χ0n) is 13.9. The average molecular weight is 333 g/mol. The van der Waals surface area contributed by atoms with E-state index >= 15 is 0 Å². The summed E-state index contributed by atoms with van der Waals surface area (Å²) < 4.78 is 16.0. The van der Waals surface area contributed by atoms with Gasteiger partial charge in [0.05, 0.1) is 5.56 Å². The molecule has 0 bridgehead atoms. The Balaban J connectivity index is 1.50. The Morgan fingerprint density at radius 3 is 2.71 bits per heavy atom. The van der Waals surface area contributed by atoms with Crippen LogP contribution in [-0.2, 0) is 9.53 Å². The highest BCUT2D eigenvalue weighted by molar-refractivity contribution is 5.92. The Kier molecular flexibility index (Phi) is 5.23. The first kappa shape index (κ1) is 16.6. The molecule has 2 atom stereocenters. The van der Waals surface area contributed by atoms with Crippen molar-refractivity contribution >= 4 is 11.9 Å². The van der Waals surface area contributed by atoms with Gasteiger partial charge in [-0.25, -0.2) is 4.79 Å². The molecule has 1 aliphatic heterocycles. The van der Waals surface area contributed by atoms with Crippen molar-refractivity contribution in [3.63, 3.8) is 0 Å². The van der Waals surface area contributed by atoms with Crippen LogP contribution in [0, 0.1) is 5.92 Å². The summed E-state index contributed by atoms with van der Waals surface area (Å²) in [6.45, 7) is 2.83. The summed E-state index contributed by atoms with van der Waals surface area (Å²) in [6, 6.07) is 5.04. The van der Waals surface area contributed by atoms with Crippen LogP contribution in [0.3, 0.4) is 0 Å². The molecule has 130 valence electrons. The van der Waals surface area contributed by atoms with Crippen LogP contribution < -0.4 is 14.8 Å². The molecule has 1 aliphatic carbocycles. The highest BCUT2D eigenvalue weighted by Gasteiger charge is 2.23. The molecule has 0 spiro atoms. The summed E-state index contributed by atoms with van der Waals surface area (Å²) in [5.41, 5.74) is 0.345. The van der Waals surface area contributed by atoms with Crippen LogP contribution >= 0.6 is 0 Å². The van der Waals surface area contributed by atoms with E-state index in [1.54, 1.807) is 18.2 Å². The minimum atomic E-state index is -0.543. The molecule has 1 heterocycles. The van der Waals surface area contributed by atoms with E-state index in [4.69, 9.17) is 14.2 Å². The third kappa shape index (κ3) is 3.99. The lowest BCUT2D eigenvalue weighted by atomic mass is 9.86. The van der Waals surface area contributed by atoms with Gasteiger partial charge < -0.3 is 19.5 Å². The molecular formula is C18H23NO5. The maximum Gasteiger partial charge on any atom is 0.338 e. The van der Waals surface area contributed by atoms with Gasteiger partial charge in [-0.3, -0.25) is 4.79 Å². The third-order valence-electron chi connectivity index (χ3n) is 4.57. The van der Waals surface area contributed by atoms with Gasteiger partial charge >= 0.3 is 5.97 Å². The minimum absolute atomic E-state index is 0.180. The third-order valence-corrected chi connectivity index (χ3v) is 4.57. The van der Waals surface area contributed by atoms with E-state index < -0.39 is 5.97 Å². The summed E-state index contributed by atoms with van der Waals surface area (Å²) in [5.74, 6) is 0.813. The van der Waals surface area contributed by atoms with Gasteiger partial charge in [0, 0.05) is 6.04 Å². The maximum atomic E-state index is 12.1. The molecule has 0 radical (unpaired) electrons. The zero-order chi connectivity index (χ0) is 16.9. The molecule has 1 aromatic carbocycles. The Labute approximate surface area is 141 Å². The molecule has 2 aliphatic rings. The van der Waals surface area contributed by atoms with Crippen molar-refractivity contribution in [3.05, 3.63) is 23.8 Å². The number of esters is 1. The van der Waals surface area contributed by atoms with Crippen LogP contribution in [0.4, 0.5) is 0 Å². The number of benzene rings is 1. The second kappa shape index (κ2) is 7.55. The predicted octanol–water partition coefficient (Wildman–Crippen LogP) is 2.31. The fourth-order valence-corrected chi connectivity index (χ4v) is 3.16. The number of carbonyl (C=O) groups excluding carboxylic acids is 2. The van der Waals surface area contributed by atoms with Crippen molar-refractivity contribution < 1.29 is 23.8 Å². The summed E-state index contributed by atoms with van der Waals surface area (Å²) >= 11 is 0. The highest BCUT2D eigenvalue weighted by atomic mass is 16.6. The van der Waals surface area contributed by atoms with Gasteiger partial charge in [-0.05, 0) is 37.0 Å². The molecule has 1 aromatic rings. The van der Waals surface area contributed by atoms with Crippen molar-refractivity contribution in [2.45, 2.75) is 38.6 Å². The summed E-state index contributed by atoms with van der Waals surface area (Å²) in [7, 11) is 0. The fraction of sp³-hybridized carbons (Fsp3) is 0.556. The number of hydrogen-bond acceptors (Lipinski definition) is 5. The molecule has 0 aromatic heterocycles. The van der Waals surface area contributed by atoms with Gasteiger partial charge in [-0.1, -0.05) is 19.8 Å². The molecule has 0 saturated heterocycles. The first-order valence-electron chi connectivity index (χ1n) is 8.49. The van der Waals surface area contributed by atoms with Gasteiger partial charge in [-0.2, -0.15) is 0 Å². The van der Waals surface area contributed by atoms with Gasteiger partial charge in [0.25, 0.3) is 5.91 Å². The molecular weight excluding hydrogens is 310 g/mol. The molecule has 1 amide bonds. The molecule has 1 fully saturated rings. The van der Waals surface area contributed by atoms with Crippen molar-refractivity contribution in [2.75, 3.05) is 19.8 Å². The second-order valence-electron chi connectivity index (χ2n) is 6.37. The molecule has 0 unspecified atom stereocenters. The van der Waals surface area contributed by atoms with Crippen molar-refractivity contribution in [1.29, 1.82) is 0 Å². The van der Waals surface area contributed by atoms with Gasteiger partial charge in [-0.15, -0.1) is 0 Å². The predicted molar refractivity (Wildman–Crippen MR) is 87.3 cm³/mol. The van der Waals surface area contributed by atoms with Crippen LogP contribution in [0.1, 0.15) is 43.0 Å². The standard InChI is InChI=1S/C18H23NO5/c1-12-4-2-3-5-14(12)19-17(20)11-24-18(21)13-6-7-15-16(10-13)23-9-8-22-15/h6-7,10,12,14H,2-5,8-9,11H2,1H3,(H,19,20)/t12-,14+/m0/s1. The molecule has 24 heavy (non-hydrogen) atoms. The minimum Gasteiger partial charge on any atom is -0.486 e. The maximum absolute atomic E-state index is 12.1. The fourth-order valence-electron chi connectivity index (χ4n) is 3.16. The molecule has 6 heteroatoms. The average Bonchev–Trinajstić information content (AvgIpc) is 2.61. The lowest BCUT2D eigenvalue weighted by molar-refractivity contribution is -0.125. The van der Waals surface area contributed by atoms with E-state index in [9.17, 15) is 9.59 Å². The first-order valence-corrected chi connectivity index (χ1v) is 8.49. The lowest BCUT2D eigenvalue weighted by Gasteiger charge is -2.29. The number of fused-ring (bicyclic) bond motifs is 1. The smallest absolute Gasteiger partial charge is 0.338 e. The van der Waals surface area contributed by atoms with E-state index in [1.807, 2.05) is 0 Å². The lowest BCUT2D eigenvalue weighted by Crippen LogP contribution is -2.42. The quantitative estimate of drug-likeness (QED) is 0.856. The van der Waals surface area contributed by atoms with Crippen molar-refractivity contribution in [3.8, 4) is 11.5 Å². The number of hydrogen-bond donors (Lipinski definition) is 1. The van der Waals surface area contributed by atoms with Crippen LogP contribution in [0.25, 0.3) is 0 Å². The molecule has 6 nitrogen and oxygen atoms in total. The Morgan fingerprint density at radius 1 is 1.17 bits per heavy atom. The van der Waals surface area contributed by atoms with Crippen LogP contribution in [0.5, 0.6) is 11.5 Å². The van der Waals surface area contributed by atoms with Crippen molar-refractivity contribution in [2.24, 2.45) is 5.92 Å². The van der Waals surface area contributed by atoms with Crippen LogP contribution in [0.2, 0.25) is 0 Å². The molecule has 1 N–H and O–H groups in total. The Hall–Kier alpha value is -2.24. The number of rotatable bonds is 4. The zero-order valence-corrected chi connectivity index (χ0v) is 13.9. The van der Waals surface area contributed by atoms with E-state index in [2.05, 4.69) is 12.2 Å². The first-order chi connectivity index (χ1) is 11.6. The normalized spacial score (nSPS) is 22.5. The topological polar surface area (TPSA) is 73.9 Å². The number of amides is 1. The monoisotopic (exact) mass is 333 g/mol. The summed E-state index contributed by atoms with van der Waals surface area (Å²) in [4.78, 5) is 24.1. The number of nitrogens with one attached hydrogen (secondary N) is 1. The highest BCUT2D eigenvalue weighted by Crippen LogP contribution is 2.31. The SMILES string of the molecule is C[C@H]1CCCC[C@H]1NC(=O)COC(=O)c1ccc2c(c1)OCCO2. The molecule has 3 rings (SSSR count). The van der Waals surface area contributed by atoms with Gasteiger partial charge in [0.15, 0.2) is 18.1 Å². The Morgan fingerprint density at radius 2 is 1.92 bits per heavy atom. The van der Waals surface area contributed by atoms with E-state index in [1.165, 1.54) is 6.42 Å². The number of ether oxygens (including phenoxy) is 3. The molecule has 1 saturated carbocycles. The van der Waals surface area contributed by atoms with Crippen LogP contribution in [0.15, 0.2) is 18.2 Å². The van der Waals surface area contributed by atoms with Crippen LogP contribution in [-0.4, -0.2) is 37.7 Å². The van der Waals surface area contributed by atoms with E-state index in [-0.39, 0.29) is 18.6 Å². The van der Waals surface area contributed by atoms with Gasteiger partial charge in [0.2, 0.25) is 0 Å². The van der Waals surface area contributed by atoms with E-state index in [0.29, 0.717) is 36.2 Å². The second-order valence-corrected chi connectivity index (χ2v) is 6.37. The van der Waals surface area contributed by atoms with E-state index in [0.717, 1.165) is 19.3 Å².